The van der Waals surface area contributed by atoms with Crippen LogP contribution in [0.3, 0.4) is 0 Å². The van der Waals surface area contributed by atoms with E-state index in [4.69, 9.17) is 11.5 Å². The molecule has 0 radical (unpaired) electrons. The average Bonchev–Trinajstić information content (AvgIpc) is 2.72. The van der Waals surface area contributed by atoms with Gasteiger partial charge in [0.25, 0.3) is 0 Å². The number of benzene rings is 1. The van der Waals surface area contributed by atoms with Crippen LogP contribution in [0.4, 0.5) is 21.5 Å². The lowest BCUT2D eigenvalue weighted by Gasteiger charge is -2.25. The number of aromatic nitrogens is 3. The molecule has 2 aromatic heterocycles. The highest BCUT2D eigenvalue weighted by Gasteiger charge is 2.21. The van der Waals surface area contributed by atoms with E-state index >= 15 is 4.48 Å². The molecule has 0 aliphatic heterocycles. The number of hydrogen-bond donors (Lipinski definition) is 3. The van der Waals surface area contributed by atoms with Gasteiger partial charge >= 0.3 is 0 Å². The fourth-order valence-electron chi connectivity index (χ4n) is 3.27. The standard InChI is InChI=1S/C21H26FN7O/c1-12(2)6-15(8-23)28-20-18(5-4-17-19(20)26-9-13(3)27-17)29(22)16-7-14(21(24)30)10-25-11-16/h4-5,7,9-12,15,28H,6,8,23H2,1-3H3,(H2,24,30)/t15-/m1/s1. The summed E-state index contributed by atoms with van der Waals surface area (Å²) in [4.78, 5) is 24.4. The van der Waals surface area contributed by atoms with Crippen molar-refractivity contribution < 1.29 is 9.28 Å². The predicted molar refractivity (Wildman–Crippen MR) is 116 cm³/mol. The molecule has 3 rings (SSSR count). The van der Waals surface area contributed by atoms with Gasteiger partial charge in [0.1, 0.15) is 11.2 Å². The minimum Gasteiger partial charge on any atom is -0.377 e. The zero-order chi connectivity index (χ0) is 21.8. The summed E-state index contributed by atoms with van der Waals surface area (Å²) in [6.07, 6.45) is 5.04. The third-order valence-electron chi connectivity index (χ3n) is 4.65. The maximum absolute atomic E-state index is 15.5. The first-order valence-corrected chi connectivity index (χ1v) is 9.73. The summed E-state index contributed by atoms with van der Waals surface area (Å²) in [6.45, 7) is 6.41. The van der Waals surface area contributed by atoms with Crippen molar-refractivity contribution in [3.63, 3.8) is 0 Å². The zero-order valence-electron chi connectivity index (χ0n) is 17.3. The number of nitrogens with one attached hydrogen (secondary N) is 1. The monoisotopic (exact) mass is 411 g/mol. The van der Waals surface area contributed by atoms with E-state index in [9.17, 15) is 4.79 Å². The number of nitrogens with two attached hydrogens (primary N) is 2. The van der Waals surface area contributed by atoms with Gasteiger partial charge in [-0.3, -0.25) is 14.8 Å². The molecule has 0 saturated carbocycles. The molecular formula is C21H26FN7O. The van der Waals surface area contributed by atoms with Gasteiger partial charge in [-0.15, -0.1) is 0 Å². The summed E-state index contributed by atoms with van der Waals surface area (Å²) in [7, 11) is 0. The second-order valence-electron chi connectivity index (χ2n) is 7.62. The molecule has 5 N–H and O–H groups in total. The fourth-order valence-corrected chi connectivity index (χ4v) is 3.27. The first kappa shape index (κ1) is 21.4. The summed E-state index contributed by atoms with van der Waals surface area (Å²) >= 11 is 0. The molecule has 0 fully saturated rings. The molecule has 0 bridgehead atoms. The summed E-state index contributed by atoms with van der Waals surface area (Å²) in [6, 6.07) is 4.58. The Hall–Kier alpha value is -3.33. The molecule has 1 aromatic carbocycles. The Kier molecular flexibility index (Phi) is 6.41. The van der Waals surface area contributed by atoms with Crippen LogP contribution in [0.1, 0.15) is 36.3 Å². The normalized spacial score (nSPS) is 12.2. The topological polar surface area (TPSA) is 123 Å². The molecule has 1 amide bonds. The highest BCUT2D eigenvalue weighted by molar-refractivity contribution is 5.97. The summed E-state index contributed by atoms with van der Waals surface area (Å²) in [5.41, 5.74) is 14.1. The van der Waals surface area contributed by atoms with Gasteiger partial charge in [-0.05, 0) is 37.5 Å². The van der Waals surface area contributed by atoms with Crippen LogP contribution in [0.2, 0.25) is 0 Å². The van der Waals surface area contributed by atoms with E-state index in [-0.39, 0.29) is 23.0 Å². The SMILES string of the molecule is Cc1cnc2c(N[C@@H](CN)CC(C)C)c(N(F)c3cncc(C(N)=O)c3)ccc2n1. The van der Waals surface area contributed by atoms with Crippen molar-refractivity contribution >= 4 is 34.0 Å². The molecular weight excluding hydrogens is 385 g/mol. The maximum Gasteiger partial charge on any atom is 0.250 e. The van der Waals surface area contributed by atoms with Gasteiger partial charge in [0.15, 0.2) is 0 Å². The minimum absolute atomic E-state index is 0.0712. The van der Waals surface area contributed by atoms with Gasteiger partial charge in [0.05, 0.1) is 34.3 Å². The molecule has 30 heavy (non-hydrogen) atoms. The number of amides is 1. The van der Waals surface area contributed by atoms with Crippen LogP contribution >= 0.6 is 0 Å². The number of anilines is 3. The molecule has 1 atom stereocenters. The van der Waals surface area contributed by atoms with Crippen molar-refractivity contribution in [3.8, 4) is 0 Å². The Morgan fingerprint density at radius 3 is 2.70 bits per heavy atom. The number of halogens is 1. The largest absolute Gasteiger partial charge is 0.377 e. The molecule has 0 unspecified atom stereocenters. The lowest BCUT2D eigenvalue weighted by Crippen LogP contribution is -2.31. The Morgan fingerprint density at radius 1 is 1.27 bits per heavy atom. The number of pyridine rings is 1. The first-order chi connectivity index (χ1) is 14.3. The van der Waals surface area contributed by atoms with Crippen LogP contribution < -0.4 is 21.9 Å². The lowest BCUT2D eigenvalue weighted by atomic mass is 10.0. The fraction of sp³-hybridized carbons (Fsp3) is 0.333. The number of primary amides is 1. The van der Waals surface area contributed by atoms with Gasteiger partial charge in [-0.25, -0.2) is 4.98 Å². The van der Waals surface area contributed by atoms with Crippen molar-refractivity contribution in [2.24, 2.45) is 17.4 Å². The summed E-state index contributed by atoms with van der Waals surface area (Å²) in [5.74, 6) is -0.285. The third-order valence-corrected chi connectivity index (χ3v) is 4.65. The van der Waals surface area contributed by atoms with Crippen LogP contribution in [-0.4, -0.2) is 33.4 Å². The Bertz CT molecular complexity index is 1060. The highest BCUT2D eigenvalue weighted by atomic mass is 19.2. The van der Waals surface area contributed by atoms with Crippen LogP contribution in [0.15, 0.2) is 36.8 Å². The Balaban J connectivity index is 2.12. The van der Waals surface area contributed by atoms with E-state index in [0.29, 0.717) is 34.3 Å². The quantitative estimate of drug-likeness (QED) is 0.486. The number of carbonyl (C=O) groups is 1. The van der Waals surface area contributed by atoms with Gasteiger partial charge in [-0.2, -0.15) is 5.12 Å². The van der Waals surface area contributed by atoms with E-state index in [1.54, 1.807) is 18.3 Å². The number of fused-ring (bicyclic) bond motifs is 1. The number of carbonyl (C=O) groups excluding carboxylic acids is 1. The average molecular weight is 411 g/mol. The van der Waals surface area contributed by atoms with Crippen LogP contribution in [-0.2, 0) is 0 Å². The zero-order valence-corrected chi connectivity index (χ0v) is 17.3. The minimum atomic E-state index is -0.684. The van der Waals surface area contributed by atoms with Gasteiger partial charge in [0, 0.05) is 25.0 Å². The molecule has 9 heteroatoms. The molecule has 158 valence electrons. The van der Waals surface area contributed by atoms with Crippen molar-refractivity contribution in [3.05, 3.63) is 48.0 Å². The molecule has 0 saturated heterocycles. The van der Waals surface area contributed by atoms with E-state index < -0.39 is 5.91 Å². The smallest absolute Gasteiger partial charge is 0.250 e. The van der Waals surface area contributed by atoms with E-state index in [1.807, 2.05) is 6.92 Å². The van der Waals surface area contributed by atoms with Crippen molar-refractivity contribution in [1.82, 2.24) is 15.0 Å². The van der Waals surface area contributed by atoms with E-state index in [1.165, 1.54) is 18.5 Å². The second-order valence-corrected chi connectivity index (χ2v) is 7.62. The lowest BCUT2D eigenvalue weighted by molar-refractivity contribution is 0.1000. The predicted octanol–water partition coefficient (Wildman–Crippen LogP) is 3.24. The highest BCUT2D eigenvalue weighted by Crippen LogP contribution is 2.37. The number of nitrogens with zero attached hydrogens (tertiary/aromatic N) is 4. The summed E-state index contributed by atoms with van der Waals surface area (Å²) in [5, 5.41) is 3.81. The van der Waals surface area contributed by atoms with Crippen molar-refractivity contribution in [2.75, 3.05) is 17.0 Å². The Labute approximate surface area is 174 Å². The van der Waals surface area contributed by atoms with Gasteiger partial charge < -0.3 is 16.8 Å². The number of hydrogen-bond acceptors (Lipinski definition) is 7. The van der Waals surface area contributed by atoms with Crippen LogP contribution in [0.25, 0.3) is 11.0 Å². The molecule has 3 aromatic rings. The van der Waals surface area contributed by atoms with E-state index in [0.717, 1.165) is 12.1 Å². The van der Waals surface area contributed by atoms with Crippen molar-refractivity contribution in [1.29, 1.82) is 0 Å². The van der Waals surface area contributed by atoms with Crippen LogP contribution in [0, 0.1) is 12.8 Å². The second kappa shape index (κ2) is 9.00. The molecule has 8 nitrogen and oxygen atoms in total. The van der Waals surface area contributed by atoms with Crippen LogP contribution in [0.5, 0.6) is 0 Å². The summed E-state index contributed by atoms with van der Waals surface area (Å²) < 4.78 is 15.5. The van der Waals surface area contributed by atoms with E-state index in [2.05, 4.69) is 34.1 Å². The molecule has 0 aliphatic carbocycles. The number of aryl methyl sites for hydroxylation is 1. The molecule has 2 heterocycles. The van der Waals surface area contributed by atoms with Gasteiger partial charge in [0.2, 0.25) is 5.91 Å². The first-order valence-electron chi connectivity index (χ1n) is 9.73. The van der Waals surface area contributed by atoms with Crippen molar-refractivity contribution in [2.45, 2.75) is 33.2 Å². The molecule has 0 spiro atoms. The maximum atomic E-state index is 15.5. The third kappa shape index (κ3) is 4.62. The Morgan fingerprint density at radius 2 is 2.03 bits per heavy atom. The molecule has 0 aliphatic rings. The van der Waals surface area contributed by atoms with Gasteiger partial charge in [-0.1, -0.05) is 18.3 Å². The number of rotatable bonds is 8.